The summed E-state index contributed by atoms with van der Waals surface area (Å²) in [4.78, 5) is 30.6. The van der Waals surface area contributed by atoms with Crippen LogP contribution in [0.2, 0.25) is 0 Å². The molecule has 0 N–H and O–H groups in total. The van der Waals surface area contributed by atoms with Gasteiger partial charge in [0.2, 0.25) is 0 Å². The van der Waals surface area contributed by atoms with E-state index in [0.717, 1.165) is 28.2 Å². The van der Waals surface area contributed by atoms with Crippen molar-refractivity contribution in [2.45, 2.75) is 26.7 Å². The second-order valence-electron chi connectivity index (χ2n) is 6.52. The quantitative estimate of drug-likeness (QED) is 0.793. The summed E-state index contributed by atoms with van der Waals surface area (Å²) < 4.78 is 5.55. The zero-order valence-electron chi connectivity index (χ0n) is 15.0. The Labute approximate surface area is 147 Å². The molecule has 0 unspecified atom stereocenters. The largest absolute Gasteiger partial charge is 0.494 e. The first-order chi connectivity index (χ1) is 11.9. The highest BCUT2D eigenvalue weighted by Crippen LogP contribution is 2.33. The molecule has 0 atom stereocenters. The minimum atomic E-state index is -0.109. The van der Waals surface area contributed by atoms with Gasteiger partial charge in [0.05, 0.1) is 6.61 Å². The molecule has 130 valence electrons. The molecule has 0 fully saturated rings. The molecule has 1 aliphatic carbocycles. The Morgan fingerprint density at radius 2 is 2.08 bits per heavy atom. The number of carbonyl (C=O) groups excluding carboxylic acids is 2. The summed E-state index contributed by atoms with van der Waals surface area (Å²) in [6.07, 6.45) is 2.81. The number of ketones is 1. The van der Waals surface area contributed by atoms with E-state index in [1.54, 1.807) is 14.1 Å². The van der Waals surface area contributed by atoms with Crippen LogP contribution in [0.4, 0.5) is 0 Å². The van der Waals surface area contributed by atoms with Gasteiger partial charge in [-0.15, -0.1) is 0 Å². The maximum absolute atomic E-state index is 12.4. The van der Waals surface area contributed by atoms with Crippen LogP contribution in [0, 0.1) is 0 Å². The number of nitrogens with zero attached hydrogens (tertiary/aromatic N) is 2. The van der Waals surface area contributed by atoms with Crippen LogP contribution in [0.25, 0.3) is 5.57 Å². The number of carbonyl (C=O) groups is 2. The lowest BCUT2D eigenvalue weighted by atomic mass is 10.0. The number of likely N-dealkylation sites (N-methyl/N-ethyl adjacent to an activating group) is 1. The molecular weight excluding hydrogens is 316 g/mol. The van der Waals surface area contributed by atoms with Gasteiger partial charge in [-0.1, -0.05) is 6.07 Å². The van der Waals surface area contributed by atoms with Crippen molar-refractivity contribution >= 4 is 23.0 Å². The fourth-order valence-corrected chi connectivity index (χ4v) is 3.12. The van der Waals surface area contributed by atoms with E-state index in [0.29, 0.717) is 30.7 Å². The number of fused-ring (bicyclic) bond motifs is 1. The molecule has 5 nitrogen and oxygen atoms in total. The minimum Gasteiger partial charge on any atom is -0.494 e. The zero-order valence-corrected chi connectivity index (χ0v) is 15.0. The Morgan fingerprint density at radius 3 is 2.76 bits per heavy atom. The highest BCUT2D eigenvalue weighted by atomic mass is 16.5. The molecule has 0 aromatic heterocycles. The summed E-state index contributed by atoms with van der Waals surface area (Å²) in [5.74, 6) is 0.729. The van der Waals surface area contributed by atoms with Crippen LogP contribution in [0.1, 0.15) is 31.4 Å². The van der Waals surface area contributed by atoms with Gasteiger partial charge in [-0.2, -0.15) is 0 Å². The lowest BCUT2D eigenvalue weighted by molar-refractivity contribution is -0.124. The average molecular weight is 338 g/mol. The maximum atomic E-state index is 12.4. The number of aliphatic imine (C=N–C) groups is 1. The van der Waals surface area contributed by atoms with Crippen LogP contribution < -0.4 is 4.74 Å². The molecule has 0 saturated heterocycles. The van der Waals surface area contributed by atoms with Crippen molar-refractivity contribution in [2.75, 3.05) is 20.7 Å². The molecule has 1 aliphatic heterocycles. The molecule has 1 heterocycles. The van der Waals surface area contributed by atoms with Gasteiger partial charge in [0.1, 0.15) is 11.4 Å². The van der Waals surface area contributed by atoms with Crippen LogP contribution in [0.5, 0.6) is 5.75 Å². The number of rotatable bonds is 4. The maximum Gasteiger partial charge on any atom is 0.271 e. The zero-order chi connectivity index (χ0) is 18.1. The van der Waals surface area contributed by atoms with Crippen LogP contribution >= 0.6 is 0 Å². The highest BCUT2D eigenvalue weighted by molar-refractivity contribution is 6.29. The van der Waals surface area contributed by atoms with Crippen molar-refractivity contribution in [2.24, 2.45) is 4.99 Å². The van der Waals surface area contributed by atoms with Crippen LogP contribution in [0.3, 0.4) is 0 Å². The third-order valence-corrected chi connectivity index (χ3v) is 4.36. The summed E-state index contributed by atoms with van der Waals surface area (Å²) in [7, 11) is 3.42. The molecule has 0 saturated carbocycles. The molecule has 1 amide bonds. The molecule has 0 radical (unpaired) electrons. The van der Waals surface area contributed by atoms with Crippen LogP contribution in [0.15, 0.2) is 40.5 Å². The van der Waals surface area contributed by atoms with Gasteiger partial charge in [0, 0.05) is 38.2 Å². The number of Topliss-reactive ketones (excluding diaryl/α,β-unsaturated/α-hetero) is 1. The Morgan fingerprint density at radius 1 is 1.32 bits per heavy atom. The third-order valence-electron chi connectivity index (χ3n) is 4.36. The smallest absolute Gasteiger partial charge is 0.271 e. The molecule has 5 heteroatoms. The van der Waals surface area contributed by atoms with Gasteiger partial charge >= 0.3 is 0 Å². The second-order valence-corrected chi connectivity index (χ2v) is 6.52. The summed E-state index contributed by atoms with van der Waals surface area (Å²) >= 11 is 0. The summed E-state index contributed by atoms with van der Waals surface area (Å²) in [6.45, 7) is 4.42. The minimum absolute atomic E-state index is 0.0800. The highest BCUT2D eigenvalue weighted by Gasteiger charge is 2.27. The number of hydrogen-bond donors (Lipinski definition) is 0. The van der Waals surface area contributed by atoms with Gasteiger partial charge < -0.3 is 9.64 Å². The molecule has 1 aromatic rings. The molecule has 25 heavy (non-hydrogen) atoms. The first kappa shape index (κ1) is 17.1. The first-order valence-electron chi connectivity index (χ1n) is 8.40. The number of amides is 1. The fraction of sp³-hybridized carbons (Fsp3) is 0.350. The van der Waals surface area contributed by atoms with Gasteiger partial charge in [-0.05, 0) is 48.8 Å². The Balaban J connectivity index is 1.94. The fourth-order valence-electron chi connectivity index (χ4n) is 3.12. The Bertz CT molecular complexity index is 844. The van der Waals surface area contributed by atoms with Crippen molar-refractivity contribution in [3.05, 3.63) is 46.7 Å². The van der Waals surface area contributed by atoms with Gasteiger partial charge in [-0.25, -0.2) is 4.99 Å². The van der Waals surface area contributed by atoms with E-state index in [1.165, 1.54) is 4.90 Å². The first-order valence-corrected chi connectivity index (χ1v) is 8.40. The van der Waals surface area contributed by atoms with Crippen molar-refractivity contribution in [1.82, 2.24) is 4.90 Å². The number of hydrogen-bond acceptors (Lipinski definition) is 4. The van der Waals surface area contributed by atoms with Crippen molar-refractivity contribution < 1.29 is 14.3 Å². The second kappa shape index (κ2) is 6.67. The predicted octanol–water partition coefficient (Wildman–Crippen LogP) is 2.80. The normalized spacial score (nSPS) is 17.8. The van der Waals surface area contributed by atoms with Gasteiger partial charge in [0.25, 0.3) is 5.91 Å². The molecular formula is C20H22N2O3. The lowest BCUT2D eigenvalue weighted by Gasteiger charge is -2.09. The Hall–Kier alpha value is -2.69. The molecule has 1 aromatic carbocycles. The molecule has 0 bridgehead atoms. The summed E-state index contributed by atoms with van der Waals surface area (Å²) in [5, 5.41) is 0. The van der Waals surface area contributed by atoms with E-state index >= 15 is 0 Å². The predicted molar refractivity (Wildman–Crippen MR) is 97.7 cm³/mol. The van der Waals surface area contributed by atoms with Crippen molar-refractivity contribution in [3.8, 4) is 5.75 Å². The van der Waals surface area contributed by atoms with E-state index in [9.17, 15) is 9.59 Å². The SMILES string of the molecule is CCOc1ccc2c(c1)/C(=C/C1=NC(C(=O)N(C)C)=C(C)C1)C(=O)C2. The monoisotopic (exact) mass is 338 g/mol. The van der Waals surface area contributed by atoms with Crippen molar-refractivity contribution in [1.29, 1.82) is 0 Å². The van der Waals surface area contributed by atoms with E-state index in [4.69, 9.17) is 4.74 Å². The standard InChI is InChI=1S/C20H22N2O3/c1-5-25-15-7-6-13-9-18(23)17(16(13)11-15)10-14-8-12(2)19(21-14)20(24)22(3)4/h6-7,10-11H,5,8-9H2,1-4H3/b17-10-. The van der Waals surface area contributed by atoms with Gasteiger partial charge in [-0.3, -0.25) is 9.59 Å². The Kier molecular flexibility index (Phi) is 4.57. The number of ether oxygens (including phenoxy) is 1. The van der Waals surface area contributed by atoms with E-state index in [1.807, 2.05) is 38.1 Å². The molecule has 0 spiro atoms. The van der Waals surface area contributed by atoms with Gasteiger partial charge in [0.15, 0.2) is 5.78 Å². The van der Waals surface area contributed by atoms with Crippen LogP contribution in [-0.4, -0.2) is 43.0 Å². The molecule has 3 rings (SSSR count). The molecule has 2 aliphatic rings. The van der Waals surface area contributed by atoms with Crippen molar-refractivity contribution in [3.63, 3.8) is 0 Å². The topological polar surface area (TPSA) is 59.0 Å². The van der Waals surface area contributed by atoms with E-state index in [2.05, 4.69) is 4.99 Å². The van der Waals surface area contributed by atoms with E-state index < -0.39 is 0 Å². The summed E-state index contributed by atoms with van der Waals surface area (Å²) in [5.41, 5.74) is 4.73. The van der Waals surface area contributed by atoms with Crippen LogP contribution in [-0.2, 0) is 16.0 Å². The lowest BCUT2D eigenvalue weighted by Crippen LogP contribution is -2.22. The third kappa shape index (κ3) is 3.27. The number of benzene rings is 1. The summed E-state index contributed by atoms with van der Waals surface area (Å²) in [6, 6.07) is 5.75. The van der Waals surface area contributed by atoms with E-state index in [-0.39, 0.29) is 11.7 Å². The number of allylic oxidation sites excluding steroid dienone is 3. The average Bonchev–Trinajstić information content (AvgIpc) is 3.07.